The highest BCUT2D eigenvalue weighted by Gasteiger charge is 2.15. The lowest BCUT2D eigenvalue weighted by atomic mass is 10.2. The molecule has 0 unspecified atom stereocenters. The van der Waals surface area contributed by atoms with Gasteiger partial charge in [0.1, 0.15) is 0 Å². The number of nitrogens with one attached hydrogen (secondary N) is 2. The second kappa shape index (κ2) is 9.34. The summed E-state index contributed by atoms with van der Waals surface area (Å²) in [7, 11) is 0. The van der Waals surface area contributed by atoms with Crippen molar-refractivity contribution in [2.24, 2.45) is 5.10 Å². The number of halogens is 3. The maximum absolute atomic E-state index is 12.0. The Morgan fingerprint density at radius 2 is 1.67 bits per heavy atom. The number of carbonyl (C=O) groups excluding carboxylic acids is 2. The second-order valence-electron chi connectivity index (χ2n) is 6.39. The van der Waals surface area contributed by atoms with Gasteiger partial charge in [-0.05, 0) is 50.2 Å². The fourth-order valence-corrected chi connectivity index (χ4v) is 3.37. The third kappa shape index (κ3) is 4.84. The predicted octanol–water partition coefficient (Wildman–Crippen LogP) is 5.14. The maximum atomic E-state index is 12.0. The molecule has 0 radical (unpaired) electrons. The van der Waals surface area contributed by atoms with Crippen LogP contribution in [0, 0.1) is 13.8 Å². The van der Waals surface area contributed by atoms with Gasteiger partial charge in [0, 0.05) is 22.6 Å². The first kappa shape index (κ1) is 21.9. The van der Waals surface area contributed by atoms with Gasteiger partial charge >= 0.3 is 11.8 Å². The van der Waals surface area contributed by atoms with Gasteiger partial charge in [-0.2, -0.15) is 5.10 Å². The van der Waals surface area contributed by atoms with Crippen molar-refractivity contribution in [2.45, 2.75) is 13.8 Å². The average molecular weight is 464 g/mol. The van der Waals surface area contributed by atoms with Crippen LogP contribution in [0.4, 0.5) is 5.69 Å². The van der Waals surface area contributed by atoms with Crippen molar-refractivity contribution in [3.63, 3.8) is 0 Å². The Labute approximate surface area is 188 Å². The SMILES string of the molecule is Cc1cc(/C=N\NC(=O)C(=O)Nc2ccccc2Cl)c(C)n1-c1ccc(Cl)c(Cl)c1. The van der Waals surface area contributed by atoms with E-state index in [2.05, 4.69) is 15.8 Å². The molecular formula is C21H17Cl3N4O2. The molecule has 30 heavy (non-hydrogen) atoms. The van der Waals surface area contributed by atoms with E-state index >= 15 is 0 Å². The van der Waals surface area contributed by atoms with Gasteiger partial charge in [0.15, 0.2) is 0 Å². The smallest absolute Gasteiger partial charge is 0.318 e. The number of carbonyl (C=O) groups is 2. The molecule has 0 saturated carbocycles. The van der Waals surface area contributed by atoms with Crippen LogP contribution in [-0.2, 0) is 9.59 Å². The lowest BCUT2D eigenvalue weighted by Gasteiger charge is -2.10. The third-order valence-corrected chi connectivity index (χ3v) is 5.40. The van der Waals surface area contributed by atoms with Crippen molar-refractivity contribution >= 4 is 58.5 Å². The normalized spacial score (nSPS) is 11.0. The lowest BCUT2D eigenvalue weighted by molar-refractivity contribution is -0.136. The zero-order valence-electron chi connectivity index (χ0n) is 16.0. The molecular weight excluding hydrogens is 447 g/mol. The van der Waals surface area contributed by atoms with E-state index in [4.69, 9.17) is 34.8 Å². The zero-order chi connectivity index (χ0) is 21.8. The van der Waals surface area contributed by atoms with Gasteiger partial charge in [0.25, 0.3) is 0 Å². The summed E-state index contributed by atoms with van der Waals surface area (Å²) >= 11 is 18.1. The molecule has 154 valence electrons. The number of aromatic nitrogens is 1. The number of hydrogen-bond acceptors (Lipinski definition) is 3. The van der Waals surface area contributed by atoms with Crippen LogP contribution >= 0.6 is 34.8 Å². The van der Waals surface area contributed by atoms with Gasteiger partial charge in [-0.3, -0.25) is 9.59 Å². The number of hydrogen-bond donors (Lipinski definition) is 2. The minimum atomic E-state index is -0.913. The molecule has 3 rings (SSSR count). The maximum Gasteiger partial charge on any atom is 0.329 e. The summed E-state index contributed by atoms with van der Waals surface area (Å²) in [5.74, 6) is -1.79. The van der Waals surface area contributed by atoms with E-state index < -0.39 is 11.8 Å². The number of rotatable bonds is 4. The number of hydrazone groups is 1. The molecule has 0 aliphatic carbocycles. The Morgan fingerprint density at radius 1 is 0.933 bits per heavy atom. The first-order valence-electron chi connectivity index (χ1n) is 8.81. The summed E-state index contributed by atoms with van der Waals surface area (Å²) in [6.07, 6.45) is 1.47. The van der Waals surface area contributed by atoms with E-state index in [0.717, 1.165) is 22.6 Å². The number of aryl methyl sites for hydroxylation is 1. The van der Waals surface area contributed by atoms with Crippen molar-refractivity contribution in [2.75, 3.05) is 5.32 Å². The third-order valence-electron chi connectivity index (χ3n) is 4.33. The second-order valence-corrected chi connectivity index (χ2v) is 7.61. The van der Waals surface area contributed by atoms with Crippen LogP contribution in [0.2, 0.25) is 15.1 Å². The molecule has 0 saturated heterocycles. The molecule has 0 spiro atoms. The minimum Gasteiger partial charge on any atom is -0.318 e. The van der Waals surface area contributed by atoms with Gasteiger partial charge in [0.05, 0.1) is 27.0 Å². The molecule has 0 atom stereocenters. The van der Waals surface area contributed by atoms with Crippen LogP contribution in [0.15, 0.2) is 53.6 Å². The van der Waals surface area contributed by atoms with Crippen LogP contribution in [0.5, 0.6) is 0 Å². The predicted molar refractivity (Wildman–Crippen MR) is 121 cm³/mol. The van der Waals surface area contributed by atoms with Crippen molar-refractivity contribution in [1.29, 1.82) is 0 Å². The quantitative estimate of drug-likeness (QED) is 0.319. The molecule has 0 bridgehead atoms. The Balaban J connectivity index is 1.70. The summed E-state index contributed by atoms with van der Waals surface area (Å²) in [5, 5.41) is 7.58. The van der Waals surface area contributed by atoms with Crippen molar-refractivity contribution in [1.82, 2.24) is 9.99 Å². The van der Waals surface area contributed by atoms with Crippen molar-refractivity contribution in [3.05, 3.63) is 80.6 Å². The van der Waals surface area contributed by atoms with E-state index in [1.807, 2.05) is 30.5 Å². The fraction of sp³-hybridized carbons (Fsp3) is 0.0952. The summed E-state index contributed by atoms with van der Waals surface area (Å²) in [4.78, 5) is 24.0. The summed E-state index contributed by atoms with van der Waals surface area (Å²) in [5.41, 5.74) is 5.99. The molecule has 2 N–H and O–H groups in total. The molecule has 0 fully saturated rings. The molecule has 6 nitrogen and oxygen atoms in total. The molecule has 3 aromatic rings. The van der Waals surface area contributed by atoms with Gasteiger partial charge in [-0.1, -0.05) is 46.9 Å². The number of amides is 2. The molecule has 2 amide bonds. The molecule has 0 aliphatic rings. The van der Waals surface area contributed by atoms with Crippen LogP contribution in [0.3, 0.4) is 0 Å². The van der Waals surface area contributed by atoms with Crippen LogP contribution in [-0.4, -0.2) is 22.6 Å². The first-order chi connectivity index (χ1) is 14.3. The molecule has 1 heterocycles. The highest BCUT2D eigenvalue weighted by Crippen LogP contribution is 2.27. The highest BCUT2D eigenvalue weighted by atomic mass is 35.5. The highest BCUT2D eigenvalue weighted by molar-refractivity contribution is 6.42. The summed E-state index contributed by atoms with van der Waals surface area (Å²) in [6, 6.07) is 13.9. The number of nitrogens with zero attached hydrogens (tertiary/aromatic N) is 2. The minimum absolute atomic E-state index is 0.330. The van der Waals surface area contributed by atoms with Gasteiger partial charge < -0.3 is 9.88 Å². The molecule has 1 aromatic heterocycles. The van der Waals surface area contributed by atoms with E-state index in [9.17, 15) is 9.59 Å². The van der Waals surface area contributed by atoms with E-state index in [0.29, 0.717) is 20.8 Å². The number of anilines is 1. The Kier molecular flexibility index (Phi) is 6.82. The number of para-hydroxylation sites is 1. The van der Waals surface area contributed by atoms with E-state index in [1.54, 1.807) is 36.4 Å². The standard InChI is InChI=1S/C21H17Cl3N4O2/c1-12-9-14(13(2)28(12)15-7-8-16(22)18(24)10-15)11-25-27-21(30)20(29)26-19-6-4-3-5-17(19)23/h3-11H,1-2H3,(H,26,29)(H,27,30)/b25-11-. The van der Waals surface area contributed by atoms with Gasteiger partial charge in [-0.25, -0.2) is 5.43 Å². The average Bonchev–Trinajstić information content (AvgIpc) is 2.99. The van der Waals surface area contributed by atoms with Gasteiger partial charge in [-0.15, -0.1) is 0 Å². The van der Waals surface area contributed by atoms with Crippen molar-refractivity contribution in [3.8, 4) is 5.69 Å². The van der Waals surface area contributed by atoms with E-state index in [-0.39, 0.29) is 0 Å². The Morgan fingerprint density at radius 3 is 2.37 bits per heavy atom. The molecule has 0 aliphatic heterocycles. The van der Waals surface area contributed by atoms with Crippen LogP contribution in [0.1, 0.15) is 17.0 Å². The zero-order valence-corrected chi connectivity index (χ0v) is 18.3. The monoisotopic (exact) mass is 462 g/mol. The van der Waals surface area contributed by atoms with Crippen LogP contribution < -0.4 is 10.7 Å². The summed E-state index contributed by atoms with van der Waals surface area (Å²) in [6.45, 7) is 3.84. The fourth-order valence-electron chi connectivity index (χ4n) is 2.89. The van der Waals surface area contributed by atoms with Gasteiger partial charge in [0.2, 0.25) is 0 Å². The first-order valence-corrected chi connectivity index (χ1v) is 9.94. The topological polar surface area (TPSA) is 75.5 Å². The summed E-state index contributed by atoms with van der Waals surface area (Å²) < 4.78 is 1.98. The Bertz CT molecular complexity index is 1160. The lowest BCUT2D eigenvalue weighted by Crippen LogP contribution is -2.32. The number of benzene rings is 2. The Hall–Kier alpha value is -2.80. The van der Waals surface area contributed by atoms with Crippen LogP contribution in [0.25, 0.3) is 5.69 Å². The van der Waals surface area contributed by atoms with E-state index in [1.165, 1.54) is 6.21 Å². The van der Waals surface area contributed by atoms with Crippen molar-refractivity contribution < 1.29 is 9.59 Å². The molecule has 9 heteroatoms. The largest absolute Gasteiger partial charge is 0.329 e. The molecule has 2 aromatic carbocycles.